The molecular formula is C6H6ClN5. The molecule has 0 spiro atoms. The quantitative estimate of drug-likeness (QED) is 0.305. The molecule has 6 heteroatoms. The minimum absolute atomic E-state index is 0.179. The van der Waals surface area contributed by atoms with Crippen molar-refractivity contribution in [3.05, 3.63) is 33.2 Å². The second-order valence-electron chi connectivity index (χ2n) is 2.16. The number of halogens is 1. The zero-order valence-corrected chi connectivity index (χ0v) is 7.15. The maximum atomic E-state index is 8.05. The Bertz CT molecular complexity index is 310. The van der Waals surface area contributed by atoms with E-state index >= 15 is 0 Å². The first-order valence-electron chi connectivity index (χ1n) is 3.23. The van der Waals surface area contributed by atoms with Crippen LogP contribution >= 0.6 is 11.6 Å². The first-order chi connectivity index (χ1) is 5.72. The summed E-state index contributed by atoms with van der Waals surface area (Å²) in [4.78, 5) is 10.3. The second-order valence-corrected chi connectivity index (χ2v) is 2.50. The maximum absolute atomic E-state index is 8.05. The minimum atomic E-state index is 0.179. The zero-order valence-electron chi connectivity index (χ0n) is 6.40. The summed E-state index contributed by atoms with van der Waals surface area (Å²) in [6, 6.07) is 1.72. The number of aryl methyl sites for hydroxylation is 1. The van der Waals surface area contributed by atoms with Crippen LogP contribution in [0.25, 0.3) is 10.4 Å². The van der Waals surface area contributed by atoms with Gasteiger partial charge in [-0.25, -0.2) is 9.97 Å². The third-order valence-corrected chi connectivity index (χ3v) is 1.34. The fraction of sp³-hybridized carbons (Fsp3) is 0.333. The highest BCUT2D eigenvalue weighted by molar-refractivity contribution is 6.28. The maximum Gasteiger partial charge on any atom is 0.222 e. The van der Waals surface area contributed by atoms with Crippen molar-refractivity contribution in [1.82, 2.24) is 9.97 Å². The molecule has 0 aromatic carbocycles. The van der Waals surface area contributed by atoms with Gasteiger partial charge in [-0.05, 0) is 30.1 Å². The summed E-state index contributed by atoms with van der Waals surface area (Å²) in [6.45, 7) is 2.01. The van der Waals surface area contributed by atoms with Gasteiger partial charge in [-0.15, -0.1) is 0 Å². The van der Waals surface area contributed by atoms with E-state index in [1.165, 1.54) is 0 Å². The first kappa shape index (κ1) is 8.77. The number of rotatable bonds is 2. The third-order valence-electron chi connectivity index (χ3n) is 1.18. The first-order valence-corrected chi connectivity index (χ1v) is 3.61. The van der Waals surface area contributed by atoms with Gasteiger partial charge in [-0.2, -0.15) is 0 Å². The van der Waals surface area contributed by atoms with Crippen molar-refractivity contribution in [2.75, 3.05) is 0 Å². The fourth-order valence-electron chi connectivity index (χ4n) is 0.780. The molecule has 0 saturated heterocycles. The lowest BCUT2D eigenvalue weighted by Gasteiger charge is -1.96. The highest BCUT2D eigenvalue weighted by Crippen LogP contribution is 2.05. The summed E-state index contributed by atoms with van der Waals surface area (Å²) < 4.78 is 0. The Labute approximate surface area is 74.0 Å². The summed E-state index contributed by atoms with van der Waals surface area (Å²) in [5, 5.41) is 3.53. The summed E-state index contributed by atoms with van der Waals surface area (Å²) in [5.41, 5.74) is 9.44. The smallest absolute Gasteiger partial charge is 0.222 e. The van der Waals surface area contributed by atoms with E-state index in [1.54, 1.807) is 13.0 Å². The highest BCUT2D eigenvalue weighted by Gasteiger charge is 1.97. The van der Waals surface area contributed by atoms with Crippen LogP contribution in [0.15, 0.2) is 11.2 Å². The van der Waals surface area contributed by atoms with Crippen LogP contribution in [0.1, 0.15) is 11.4 Å². The number of nitrogens with zero attached hydrogens (tertiary/aromatic N) is 5. The largest absolute Gasteiger partial charge is 0.223 e. The summed E-state index contributed by atoms with van der Waals surface area (Å²) >= 11 is 5.57. The molecule has 0 aliphatic rings. The molecule has 5 nitrogen and oxygen atoms in total. The SMILES string of the molecule is Cc1cc(CN=[N+]=[N-])nc(Cl)n1. The highest BCUT2D eigenvalue weighted by atomic mass is 35.5. The van der Waals surface area contributed by atoms with Gasteiger partial charge in [0.25, 0.3) is 0 Å². The van der Waals surface area contributed by atoms with Crippen LogP contribution in [-0.4, -0.2) is 9.97 Å². The molecule has 0 aliphatic heterocycles. The summed E-state index contributed by atoms with van der Waals surface area (Å²) in [7, 11) is 0. The monoisotopic (exact) mass is 183 g/mol. The van der Waals surface area contributed by atoms with Gasteiger partial charge in [0.15, 0.2) is 0 Å². The van der Waals surface area contributed by atoms with Crippen LogP contribution < -0.4 is 0 Å². The van der Waals surface area contributed by atoms with E-state index < -0.39 is 0 Å². The minimum Gasteiger partial charge on any atom is -0.223 e. The van der Waals surface area contributed by atoms with Crippen LogP contribution in [0.3, 0.4) is 0 Å². The van der Waals surface area contributed by atoms with Crippen LogP contribution in [0.5, 0.6) is 0 Å². The second kappa shape index (κ2) is 3.90. The topological polar surface area (TPSA) is 74.5 Å². The molecule has 1 rings (SSSR count). The summed E-state index contributed by atoms with van der Waals surface area (Å²) in [6.07, 6.45) is 0. The van der Waals surface area contributed by atoms with E-state index in [4.69, 9.17) is 17.1 Å². The molecule has 62 valence electrons. The van der Waals surface area contributed by atoms with Crippen LogP contribution in [0.4, 0.5) is 0 Å². The Morgan fingerprint density at radius 1 is 1.67 bits per heavy atom. The van der Waals surface area contributed by atoms with Crippen molar-refractivity contribution in [3.8, 4) is 0 Å². The molecule has 0 unspecified atom stereocenters. The van der Waals surface area contributed by atoms with E-state index in [9.17, 15) is 0 Å². The van der Waals surface area contributed by atoms with Crippen LogP contribution in [-0.2, 0) is 6.54 Å². The number of azide groups is 1. The number of hydrogen-bond acceptors (Lipinski definition) is 3. The summed E-state index contributed by atoms with van der Waals surface area (Å²) in [5.74, 6) is 0. The van der Waals surface area contributed by atoms with Gasteiger partial charge in [0.05, 0.1) is 12.2 Å². The predicted molar refractivity (Wildman–Crippen MR) is 44.6 cm³/mol. The van der Waals surface area contributed by atoms with Gasteiger partial charge < -0.3 is 0 Å². The van der Waals surface area contributed by atoms with E-state index in [0.717, 1.165) is 5.69 Å². The molecule has 0 radical (unpaired) electrons. The van der Waals surface area contributed by atoms with Crippen LogP contribution in [0.2, 0.25) is 5.28 Å². The number of hydrogen-bond donors (Lipinski definition) is 0. The molecule has 12 heavy (non-hydrogen) atoms. The van der Waals surface area contributed by atoms with Gasteiger partial charge in [0, 0.05) is 10.6 Å². The Morgan fingerprint density at radius 2 is 2.42 bits per heavy atom. The van der Waals surface area contributed by atoms with E-state index in [2.05, 4.69) is 20.0 Å². The van der Waals surface area contributed by atoms with Crippen molar-refractivity contribution in [2.45, 2.75) is 13.5 Å². The van der Waals surface area contributed by atoms with E-state index in [-0.39, 0.29) is 11.8 Å². The molecule has 0 saturated carbocycles. The normalized spacial score (nSPS) is 9.17. The van der Waals surface area contributed by atoms with Crippen molar-refractivity contribution in [1.29, 1.82) is 0 Å². The molecular weight excluding hydrogens is 178 g/mol. The van der Waals surface area contributed by atoms with Crippen molar-refractivity contribution >= 4 is 11.6 Å². The van der Waals surface area contributed by atoms with Gasteiger partial charge in [0.2, 0.25) is 5.28 Å². The molecule has 0 atom stereocenters. The molecule has 0 fully saturated rings. The Balaban J connectivity index is 2.92. The molecule has 0 amide bonds. The molecule has 0 aliphatic carbocycles. The molecule has 1 aromatic heterocycles. The molecule has 0 bridgehead atoms. The van der Waals surface area contributed by atoms with Gasteiger partial charge in [-0.3, -0.25) is 0 Å². The fourth-order valence-corrected chi connectivity index (χ4v) is 1.02. The van der Waals surface area contributed by atoms with Gasteiger partial charge in [0.1, 0.15) is 0 Å². The van der Waals surface area contributed by atoms with Crippen molar-refractivity contribution in [3.63, 3.8) is 0 Å². The van der Waals surface area contributed by atoms with Crippen molar-refractivity contribution < 1.29 is 0 Å². The Hall–Kier alpha value is -1.32. The standard InChI is InChI=1S/C6H6ClN5/c1-4-2-5(3-9-12-8)11-6(7)10-4/h2H,3H2,1H3. The Kier molecular flexibility index (Phi) is 2.85. The molecule has 1 aromatic rings. The van der Waals surface area contributed by atoms with Crippen LogP contribution in [0, 0.1) is 6.92 Å². The Morgan fingerprint density at radius 3 is 3.00 bits per heavy atom. The lowest BCUT2D eigenvalue weighted by Crippen LogP contribution is -1.92. The molecule has 1 heterocycles. The van der Waals surface area contributed by atoms with Gasteiger partial charge >= 0.3 is 0 Å². The lowest BCUT2D eigenvalue weighted by molar-refractivity contribution is 0.938. The third kappa shape index (κ3) is 2.38. The number of aromatic nitrogens is 2. The van der Waals surface area contributed by atoms with Crippen molar-refractivity contribution in [2.24, 2.45) is 5.11 Å². The van der Waals surface area contributed by atoms with E-state index in [0.29, 0.717) is 5.69 Å². The molecule has 0 N–H and O–H groups in total. The zero-order chi connectivity index (χ0) is 8.97. The van der Waals surface area contributed by atoms with Gasteiger partial charge in [-0.1, -0.05) is 5.11 Å². The van der Waals surface area contributed by atoms with E-state index in [1.807, 2.05) is 0 Å². The average Bonchev–Trinajstić information content (AvgIpc) is 1.99. The lowest BCUT2D eigenvalue weighted by atomic mass is 10.3. The average molecular weight is 184 g/mol. The predicted octanol–water partition coefficient (Wildman–Crippen LogP) is 2.25.